The van der Waals surface area contributed by atoms with Gasteiger partial charge in [-0.3, -0.25) is 4.79 Å². The average Bonchev–Trinajstić information content (AvgIpc) is 2.59. The van der Waals surface area contributed by atoms with E-state index in [4.69, 9.17) is 10.8 Å². The van der Waals surface area contributed by atoms with Crippen molar-refractivity contribution in [1.29, 1.82) is 0 Å². The van der Waals surface area contributed by atoms with Gasteiger partial charge in [0.15, 0.2) is 0 Å². The van der Waals surface area contributed by atoms with Gasteiger partial charge in [0.05, 0.1) is 6.10 Å². The first-order chi connectivity index (χ1) is 7.91. The summed E-state index contributed by atoms with van der Waals surface area (Å²) >= 11 is 0. The highest BCUT2D eigenvalue weighted by Crippen LogP contribution is 2.17. The molecule has 17 heavy (non-hydrogen) atoms. The number of nitrogens with one attached hydrogen (secondary N) is 1. The highest BCUT2D eigenvalue weighted by atomic mass is 16.4. The van der Waals surface area contributed by atoms with Crippen LogP contribution in [-0.4, -0.2) is 58.3 Å². The Bertz CT molecular complexity index is 333. The number of urea groups is 1. The Morgan fingerprint density at radius 1 is 1.41 bits per heavy atom. The summed E-state index contributed by atoms with van der Waals surface area (Å²) in [6, 6.07) is -1.64. The van der Waals surface area contributed by atoms with Gasteiger partial charge in [-0.15, -0.1) is 0 Å². The van der Waals surface area contributed by atoms with Crippen molar-refractivity contribution in [2.24, 2.45) is 5.73 Å². The molecule has 1 aliphatic rings. The zero-order valence-electron chi connectivity index (χ0n) is 9.13. The van der Waals surface area contributed by atoms with Crippen molar-refractivity contribution in [3.63, 3.8) is 0 Å². The highest BCUT2D eigenvalue weighted by molar-refractivity contribution is 5.83. The van der Waals surface area contributed by atoms with Crippen LogP contribution >= 0.6 is 0 Å². The largest absolute Gasteiger partial charge is 0.480 e. The summed E-state index contributed by atoms with van der Waals surface area (Å²) in [5.74, 6) is -1.71. The molecule has 1 rings (SSSR count). The lowest BCUT2D eigenvalue weighted by atomic mass is 10.2. The normalized spacial score (nSPS) is 23.5. The van der Waals surface area contributed by atoms with E-state index in [-0.39, 0.29) is 25.9 Å². The molecule has 0 aliphatic carbocycles. The second-order valence-electron chi connectivity index (χ2n) is 3.84. The molecule has 2 atom stereocenters. The molecule has 96 valence electrons. The van der Waals surface area contributed by atoms with Gasteiger partial charge < -0.3 is 26.2 Å². The van der Waals surface area contributed by atoms with Gasteiger partial charge in [-0.2, -0.15) is 0 Å². The van der Waals surface area contributed by atoms with Crippen molar-refractivity contribution in [1.82, 2.24) is 10.2 Å². The van der Waals surface area contributed by atoms with E-state index in [2.05, 4.69) is 5.32 Å². The van der Waals surface area contributed by atoms with E-state index in [0.29, 0.717) is 0 Å². The minimum Gasteiger partial charge on any atom is -0.480 e. The highest BCUT2D eigenvalue weighted by Gasteiger charge is 2.38. The van der Waals surface area contributed by atoms with E-state index in [1.165, 1.54) is 0 Å². The second-order valence-corrected chi connectivity index (χ2v) is 3.84. The first-order valence-corrected chi connectivity index (χ1v) is 5.15. The first kappa shape index (κ1) is 13.2. The molecule has 1 fully saturated rings. The van der Waals surface area contributed by atoms with Crippen LogP contribution in [0.2, 0.25) is 0 Å². The predicted molar refractivity (Wildman–Crippen MR) is 56.0 cm³/mol. The van der Waals surface area contributed by atoms with Crippen molar-refractivity contribution >= 4 is 17.9 Å². The standard InChI is InChI=1S/C9H15N3O5/c10-7(14)1-2-11-9(17)12-4-5(13)3-6(12)8(15)16/h5-6,13H,1-4H2,(H2,10,14)(H,11,17)(H,15,16)/t5-,6+/m1/s1. The number of nitrogens with zero attached hydrogens (tertiary/aromatic N) is 1. The number of carbonyl (C=O) groups excluding carboxylic acids is 2. The van der Waals surface area contributed by atoms with Crippen LogP contribution in [0.25, 0.3) is 0 Å². The molecular weight excluding hydrogens is 230 g/mol. The van der Waals surface area contributed by atoms with Crippen molar-refractivity contribution in [2.75, 3.05) is 13.1 Å². The Hall–Kier alpha value is -1.83. The summed E-state index contributed by atoms with van der Waals surface area (Å²) < 4.78 is 0. The Morgan fingerprint density at radius 3 is 2.59 bits per heavy atom. The SMILES string of the molecule is NC(=O)CCNC(=O)N1C[C@H](O)C[C@H]1C(=O)O. The molecular formula is C9H15N3O5. The van der Waals surface area contributed by atoms with Gasteiger partial charge in [-0.05, 0) is 0 Å². The molecule has 5 N–H and O–H groups in total. The molecule has 3 amide bonds. The lowest BCUT2D eigenvalue weighted by Gasteiger charge is -2.21. The lowest BCUT2D eigenvalue weighted by molar-refractivity contribution is -0.141. The van der Waals surface area contributed by atoms with Crippen molar-refractivity contribution in [2.45, 2.75) is 25.0 Å². The van der Waals surface area contributed by atoms with E-state index >= 15 is 0 Å². The molecule has 1 aliphatic heterocycles. The van der Waals surface area contributed by atoms with Crippen LogP contribution in [0.1, 0.15) is 12.8 Å². The van der Waals surface area contributed by atoms with Crippen molar-refractivity contribution < 1.29 is 24.6 Å². The summed E-state index contributed by atoms with van der Waals surface area (Å²) in [7, 11) is 0. The average molecular weight is 245 g/mol. The number of aliphatic hydroxyl groups is 1. The van der Waals surface area contributed by atoms with Gasteiger partial charge in [-0.1, -0.05) is 0 Å². The Morgan fingerprint density at radius 2 is 2.06 bits per heavy atom. The zero-order valence-corrected chi connectivity index (χ0v) is 9.13. The quantitative estimate of drug-likeness (QED) is 0.458. The van der Waals surface area contributed by atoms with Crippen LogP contribution in [0.4, 0.5) is 4.79 Å². The van der Waals surface area contributed by atoms with Gasteiger partial charge in [0.1, 0.15) is 6.04 Å². The minimum atomic E-state index is -1.16. The number of aliphatic carboxylic acids is 1. The number of carboxylic acid groups (broad SMARTS) is 1. The first-order valence-electron chi connectivity index (χ1n) is 5.15. The molecule has 1 heterocycles. The maximum Gasteiger partial charge on any atom is 0.326 e. The third-order valence-electron chi connectivity index (χ3n) is 2.47. The molecule has 0 aromatic carbocycles. The fourth-order valence-electron chi connectivity index (χ4n) is 1.67. The molecule has 0 spiro atoms. The topological polar surface area (TPSA) is 133 Å². The van der Waals surface area contributed by atoms with E-state index in [1.807, 2.05) is 0 Å². The number of hydrogen-bond acceptors (Lipinski definition) is 4. The third-order valence-corrected chi connectivity index (χ3v) is 2.47. The number of carbonyl (C=O) groups is 3. The Kier molecular flexibility index (Phi) is 4.27. The fraction of sp³-hybridized carbons (Fsp3) is 0.667. The molecule has 0 aromatic rings. The Balaban J connectivity index is 2.49. The molecule has 1 saturated heterocycles. The van der Waals surface area contributed by atoms with Gasteiger partial charge in [0.2, 0.25) is 5.91 Å². The molecule has 0 saturated carbocycles. The predicted octanol–water partition coefficient (Wildman–Crippen LogP) is -1.91. The minimum absolute atomic E-state index is 0.0125. The third kappa shape index (κ3) is 3.59. The molecule has 8 nitrogen and oxygen atoms in total. The summed E-state index contributed by atoms with van der Waals surface area (Å²) in [5.41, 5.74) is 4.89. The summed E-state index contributed by atoms with van der Waals surface area (Å²) in [6.45, 7) is 0.0203. The van der Waals surface area contributed by atoms with Gasteiger partial charge in [-0.25, -0.2) is 9.59 Å². The fourth-order valence-corrected chi connectivity index (χ4v) is 1.67. The van der Waals surface area contributed by atoms with E-state index in [0.717, 1.165) is 4.90 Å². The summed E-state index contributed by atoms with van der Waals surface area (Å²) in [5, 5.41) is 20.6. The van der Waals surface area contributed by atoms with E-state index in [9.17, 15) is 19.5 Å². The second kappa shape index (κ2) is 5.48. The molecule has 0 aromatic heterocycles. The Labute approximate surface area is 97.4 Å². The smallest absolute Gasteiger partial charge is 0.326 e. The molecule has 0 bridgehead atoms. The van der Waals surface area contributed by atoms with Gasteiger partial charge in [0.25, 0.3) is 0 Å². The van der Waals surface area contributed by atoms with Crippen LogP contribution in [-0.2, 0) is 9.59 Å². The number of hydrogen-bond donors (Lipinski definition) is 4. The summed E-state index contributed by atoms with van der Waals surface area (Å²) in [4.78, 5) is 33.9. The number of amides is 3. The van der Waals surface area contributed by atoms with Crippen LogP contribution < -0.4 is 11.1 Å². The van der Waals surface area contributed by atoms with Crippen LogP contribution in [0, 0.1) is 0 Å². The number of rotatable bonds is 4. The number of β-amino-alcohol motifs (C(OH)–C–C–N with tert-alkyl or cyclic N) is 1. The lowest BCUT2D eigenvalue weighted by Crippen LogP contribution is -2.46. The molecule has 0 radical (unpaired) electrons. The van der Waals surface area contributed by atoms with Crippen LogP contribution in [0.5, 0.6) is 0 Å². The van der Waals surface area contributed by atoms with Crippen molar-refractivity contribution in [3.8, 4) is 0 Å². The van der Waals surface area contributed by atoms with E-state index in [1.54, 1.807) is 0 Å². The van der Waals surface area contributed by atoms with Gasteiger partial charge >= 0.3 is 12.0 Å². The maximum atomic E-state index is 11.6. The summed E-state index contributed by atoms with van der Waals surface area (Å²) in [6.07, 6.45) is -0.837. The zero-order chi connectivity index (χ0) is 13.0. The van der Waals surface area contributed by atoms with Crippen LogP contribution in [0.3, 0.4) is 0 Å². The van der Waals surface area contributed by atoms with Gasteiger partial charge in [0, 0.05) is 25.9 Å². The van der Waals surface area contributed by atoms with Crippen LogP contribution in [0.15, 0.2) is 0 Å². The molecule has 0 unspecified atom stereocenters. The van der Waals surface area contributed by atoms with E-state index < -0.39 is 30.1 Å². The number of primary amides is 1. The monoisotopic (exact) mass is 245 g/mol. The number of carboxylic acids is 1. The molecule has 8 heteroatoms. The maximum absolute atomic E-state index is 11.6. The number of likely N-dealkylation sites (tertiary alicyclic amines) is 1. The number of nitrogens with two attached hydrogens (primary N) is 1. The van der Waals surface area contributed by atoms with Crippen molar-refractivity contribution in [3.05, 3.63) is 0 Å². The number of aliphatic hydroxyl groups excluding tert-OH is 1.